The molecular weight excluding hydrogens is 348 g/mol. The molecule has 1 aromatic carbocycles. The van der Waals surface area contributed by atoms with Gasteiger partial charge in [0.05, 0.1) is 11.9 Å². The van der Waals surface area contributed by atoms with E-state index in [4.69, 9.17) is 0 Å². The Balaban J connectivity index is 1.36. The maximum absolute atomic E-state index is 12.5. The van der Waals surface area contributed by atoms with Crippen LogP contribution < -0.4 is 15.1 Å². The molecule has 28 heavy (non-hydrogen) atoms. The number of pyridine rings is 1. The molecule has 5 heteroatoms. The third kappa shape index (κ3) is 4.46. The molecule has 148 valence electrons. The average molecular weight is 379 g/mol. The topological polar surface area (TPSA) is 48.5 Å². The van der Waals surface area contributed by atoms with Gasteiger partial charge in [0.25, 0.3) is 5.91 Å². The normalized spacial score (nSPS) is 20.1. The van der Waals surface area contributed by atoms with Crippen LogP contribution in [-0.4, -0.2) is 37.1 Å². The van der Waals surface area contributed by atoms with E-state index >= 15 is 0 Å². The molecule has 1 atom stereocenters. The molecule has 2 aliphatic rings. The van der Waals surface area contributed by atoms with E-state index in [1.165, 1.54) is 37.8 Å². The van der Waals surface area contributed by atoms with Crippen molar-refractivity contribution in [2.75, 3.05) is 41.3 Å². The van der Waals surface area contributed by atoms with Gasteiger partial charge in [0.1, 0.15) is 5.69 Å². The third-order valence-corrected chi connectivity index (χ3v) is 5.85. The monoisotopic (exact) mass is 378 g/mol. The Morgan fingerprint density at radius 1 is 0.929 bits per heavy atom. The van der Waals surface area contributed by atoms with Crippen LogP contribution >= 0.6 is 0 Å². The number of rotatable bonds is 4. The molecule has 1 unspecified atom stereocenters. The number of hydrogen-bond donors (Lipinski definition) is 1. The highest BCUT2D eigenvalue weighted by atomic mass is 16.1. The predicted octanol–water partition coefficient (Wildman–Crippen LogP) is 4.56. The molecule has 1 amide bonds. The van der Waals surface area contributed by atoms with E-state index in [2.05, 4.69) is 39.2 Å². The van der Waals surface area contributed by atoms with Gasteiger partial charge in [0.15, 0.2) is 0 Å². The van der Waals surface area contributed by atoms with Crippen molar-refractivity contribution in [3.8, 4) is 0 Å². The minimum atomic E-state index is -0.163. The Morgan fingerprint density at radius 3 is 2.32 bits per heavy atom. The van der Waals surface area contributed by atoms with E-state index in [9.17, 15) is 4.79 Å². The second kappa shape index (κ2) is 8.63. The standard InChI is InChI=1S/C23H30N4O/c1-18-6-5-15-27(17-18)21-11-12-22(24-16-21)23(28)25-19-7-9-20(10-8-19)26-13-3-2-4-14-26/h7-12,16,18H,2-6,13-15,17H2,1H3,(H,25,28). The zero-order chi connectivity index (χ0) is 19.3. The van der Waals surface area contributed by atoms with Crippen molar-refractivity contribution in [2.45, 2.75) is 39.0 Å². The van der Waals surface area contributed by atoms with Crippen LogP contribution in [0.25, 0.3) is 0 Å². The fourth-order valence-corrected chi connectivity index (χ4v) is 4.23. The highest BCUT2D eigenvalue weighted by Crippen LogP contribution is 2.24. The van der Waals surface area contributed by atoms with Crippen LogP contribution in [0.3, 0.4) is 0 Å². The zero-order valence-electron chi connectivity index (χ0n) is 16.7. The molecule has 3 heterocycles. The third-order valence-electron chi connectivity index (χ3n) is 5.85. The van der Waals surface area contributed by atoms with Crippen molar-refractivity contribution in [3.05, 3.63) is 48.3 Å². The van der Waals surface area contributed by atoms with Crippen LogP contribution in [0.1, 0.15) is 49.5 Å². The van der Waals surface area contributed by atoms with Crippen LogP contribution in [0.5, 0.6) is 0 Å². The Labute approximate surface area is 167 Å². The summed E-state index contributed by atoms with van der Waals surface area (Å²) in [5, 5.41) is 2.96. The number of hydrogen-bond acceptors (Lipinski definition) is 4. The molecule has 2 fully saturated rings. The van der Waals surface area contributed by atoms with Crippen molar-refractivity contribution in [2.24, 2.45) is 5.92 Å². The van der Waals surface area contributed by atoms with Crippen LogP contribution in [0.15, 0.2) is 42.6 Å². The number of benzene rings is 1. The number of aromatic nitrogens is 1. The van der Waals surface area contributed by atoms with Crippen molar-refractivity contribution >= 4 is 23.0 Å². The first kappa shape index (κ1) is 18.8. The molecule has 1 aromatic heterocycles. The summed E-state index contributed by atoms with van der Waals surface area (Å²) in [6, 6.07) is 12.0. The minimum absolute atomic E-state index is 0.163. The number of carbonyl (C=O) groups is 1. The fourth-order valence-electron chi connectivity index (χ4n) is 4.23. The maximum atomic E-state index is 12.5. The van der Waals surface area contributed by atoms with Crippen molar-refractivity contribution in [3.63, 3.8) is 0 Å². The molecule has 4 rings (SSSR count). The van der Waals surface area contributed by atoms with E-state index < -0.39 is 0 Å². The van der Waals surface area contributed by atoms with Crippen LogP contribution in [0.2, 0.25) is 0 Å². The largest absolute Gasteiger partial charge is 0.372 e. The van der Waals surface area contributed by atoms with E-state index in [1.54, 1.807) is 0 Å². The summed E-state index contributed by atoms with van der Waals surface area (Å²) in [6.45, 7) is 6.67. The van der Waals surface area contributed by atoms with E-state index in [0.29, 0.717) is 11.6 Å². The predicted molar refractivity (Wildman–Crippen MR) is 115 cm³/mol. The lowest BCUT2D eigenvalue weighted by Gasteiger charge is -2.32. The van der Waals surface area contributed by atoms with Crippen molar-refractivity contribution in [1.29, 1.82) is 0 Å². The first-order chi connectivity index (χ1) is 13.7. The zero-order valence-corrected chi connectivity index (χ0v) is 16.7. The lowest BCUT2D eigenvalue weighted by molar-refractivity contribution is 0.102. The molecule has 0 radical (unpaired) electrons. The number of anilines is 3. The van der Waals surface area contributed by atoms with Gasteiger partial charge in [0, 0.05) is 37.6 Å². The van der Waals surface area contributed by atoms with E-state index in [1.807, 2.05) is 30.5 Å². The van der Waals surface area contributed by atoms with Gasteiger partial charge in [-0.15, -0.1) is 0 Å². The van der Waals surface area contributed by atoms with Gasteiger partial charge in [-0.2, -0.15) is 0 Å². The van der Waals surface area contributed by atoms with Gasteiger partial charge in [-0.25, -0.2) is 4.98 Å². The highest BCUT2D eigenvalue weighted by Gasteiger charge is 2.17. The molecule has 2 aliphatic heterocycles. The van der Waals surface area contributed by atoms with Gasteiger partial charge in [0.2, 0.25) is 0 Å². The van der Waals surface area contributed by atoms with Gasteiger partial charge < -0.3 is 15.1 Å². The summed E-state index contributed by atoms with van der Waals surface area (Å²) >= 11 is 0. The number of nitrogens with zero attached hydrogens (tertiary/aromatic N) is 3. The molecule has 0 bridgehead atoms. The molecule has 2 aromatic rings. The quantitative estimate of drug-likeness (QED) is 0.847. The van der Waals surface area contributed by atoms with Crippen molar-refractivity contribution in [1.82, 2.24) is 4.98 Å². The first-order valence-electron chi connectivity index (χ1n) is 10.6. The number of carbonyl (C=O) groups excluding carboxylic acids is 1. The summed E-state index contributed by atoms with van der Waals surface area (Å²) in [7, 11) is 0. The summed E-state index contributed by atoms with van der Waals surface area (Å²) in [5.74, 6) is 0.550. The Morgan fingerprint density at radius 2 is 1.64 bits per heavy atom. The first-order valence-corrected chi connectivity index (χ1v) is 10.6. The summed E-state index contributed by atoms with van der Waals surface area (Å²) < 4.78 is 0. The Kier molecular flexibility index (Phi) is 5.79. The SMILES string of the molecule is CC1CCCN(c2ccc(C(=O)Nc3ccc(N4CCCCC4)cc3)nc2)C1. The number of piperidine rings is 2. The summed E-state index contributed by atoms with van der Waals surface area (Å²) in [6.07, 6.45) is 8.18. The smallest absolute Gasteiger partial charge is 0.274 e. The van der Waals surface area contributed by atoms with Gasteiger partial charge >= 0.3 is 0 Å². The van der Waals surface area contributed by atoms with Gasteiger partial charge in [-0.3, -0.25) is 4.79 Å². The second-order valence-electron chi connectivity index (χ2n) is 8.14. The summed E-state index contributed by atoms with van der Waals surface area (Å²) in [5.41, 5.74) is 3.60. The maximum Gasteiger partial charge on any atom is 0.274 e. The number of nitrogens with one attached hydrogen (secondary N) is 1. The lowest BCUT2D eigenvalue weighted by Crippen LogP contribution is -2.34. The van der Waals surface area contributed by atoms with Gasteiger partial charge in [-0.05, 0) is 74.4 Å². The fraction of sp³-hybridized carbons (Fsp3) is 0.478. The molecule has 1 N–H and O–H groups in total. The van der Waals surface area contributed by atoms with Gasteiger partial charge in [-0.1, -0.05) is 6.92 Å². The Hall–Kier alpha value is -2.56. The summed E-state index contributed by atoms with van der Waals surface area (Å²) in [4.78, 5) is 21.7. The van der Waals surface area contributed by atoms with Crippen LogP contribution in [0, 0.1) is 5.92 Å². The van der Waals surface area contributed by atoms with E-state index in [0.717, 1.165) is 37.6 Å². The second-order valence-corrected chi connectivity index (χ2v) is 8.14. The van der Waals surface area contributed by atoms with Crippen LogP contribution in [-0.2, 0) is 0 Å². The molecule has 2 saturated heterocycles. The highest BCUT2D eigenvalue weighted by molar-refractivity contribution is 6.03. The molecule has 0 spiro atoms. The van der Waals surface area contributed by atoms with Crippen molar-refractivity contribution < 1.29 is 4.79 Å². The van der Waals surface area contributed by atoms with Crippen LogP contribution in [0.4, 0.5) is 17.1 Å². The molecule has 0 aliphatic carbocycles. The molecule has 0 saturated carbocycles. The Bertz CT molecular complexity index is 781. The molecular formula is C23H30N4O. The number of amides is 1. The van der Waals surface area contributed by atoms with E-state index in [-0.39, 0.29) is 5.91 Å². The average Bonchev–Trinajstić information content (AvgIpc) is 2.75. The minimum Gasteiger partial charge on any atom is -0.372 e. The lowest BCUT2D eigenvalue weighted by atomic mass is 10.00. The molecule has 5 nitrogen and oxygen atoms in total.